The second kappa shape index (κ2) is 16.2. The standard InChI is InChI=1S/C41H37F5N2O4/c1-24-32(22-48(2)21-25-8-4-3-5-9-25)51-41(52-39(24)28-14-12-26(23-49)13-15-28)29-18-16-27(17-19-29)31-11-7-6-10-30(31)20-47-40(50)33-34(42)36(44)38(46)37(45)35(33)43/h3-19,24,32,39,41,49H,20-23H2,1-2H3,(H,47,50). The number of carbonyl (C=O) groups excluding carboxylic acids is 1. The number of aliphatic hydroxyl groups is 1. The summed E-state index contributed by atoms with van der Waals surface area (Å²) in [4.78, 5) is 14.8. The second-order valence-corrected chi connectivity index (χ2v) is 12.9. The number of likely N-dealkylation sites (N-methyl/N-ethyl adjacent to an activating group) is 1. The lowest BCUT2D eigenvalue weighted by Gasteiger charge is -2.42. The number of aliphatic hydroxyl groups excluding tert-OH is 1. The van der Waals surface area contributed by atoms with E-state index in [0.29, 0.717) is 17.7 Å². The van der Waals surface area contributed by atoms with Crippen LogP contribution in [0.2, 0.25) is 0 Å². The molecule has 1 heterocycles. The van der Waals surface area contributed by atoms with Gasteiger partial charge in [0.25, 0.3) is 5.91 Å². The predicted octanol–water partition coefficient (Wildman–Crippen LogP) is 8.39. The van der Waals surface area contributed by atoms with Gasteiger partial charge in [-0.3, -0.25) is 9.69 Å². The molecule has 2 N–H and O–H groups in total. The highest BCUT2D eigenvalue weighted by atomic mass is 19.2. The Morgan fingerprint density at radius 2 is 1.33 bits per heavy atom. The van der Waals surface area contributed by atoms with Gasteiger partial charge in [-0.2, -0.15) is 0 Å². The van der Waals surface area contributed by atoms with Gasteiger partial charge in [-0.05, 0) is 40.4 Å². The number of hydrogen-bond donors (Lipinski definition) is 2. The first-order valence-electron chi connectivity index (χ1n) is 16.8. The molecular weight excluding hydrogens is 679 g/mol. The minimum Gasteiger partial charge on any atom is -0.392 e. The minimum absolute atomic E-state index is 0.0133. The molecule has 5 aromatic rings. The normalized spacial score (nSPS) is 18.8. The van der Waals surface area contributed by atoms with Gasteiger partial charge in [0.15, 0.2) is 29.6 Å². The molecule has 11 heteroatoms. The molecule has 1 aliphatic rings. The molecule has 0 aliphatic carbocycles. The fourth-order valence-corrected chi connectivity index (χ4v) is 6.44. The van der Waals surface area contributed by atoms with Crippen molar-refractivity contribution >= 4 is 5.91 Å². The third-order valence-electron chi connectivity index (χ3n) is 9.30. The molecule has 270 valence electrons. The van der Waals surface area contributed by atoms with Crippen molar-refractivity contribution in [1.29, 1.82) is 0 Å². The van der Waals surface area contributed by atoms with Crippen molar-refractivity contribution in [2.75, 3.05) is 13.6 Å². The third kappa shape index (κ3) is 7.93. The number of hydrogen-bond acceptors (Lipinski definition) is 5. The number of carbonyl (C=O) groups is 1. The lowest BCUT2D eigenvalue weighted by Crippen LogP contribution is -2.43. The van der Waals surface area contributed by atoms with Crippen LogP contribution >= 0.6 is 0 Å². The number of rotatable bonds is 11. The van der Waals surface area contributed by atoms with Crippen molar-refractivity contribution in [3.63, 3.8) is 0 Å². The van der Waals surface area contributed by atoms with Crippen LogP contribution in [0.15, 0.2) is 103 Å². The van der Waals surface area contributed by atoms with E-state index in [1.54, 1.807) is 24.3 Å². The minimum atomic E-state index is -2.34. The zero-order valence-electron chi connectivity index (χ0n) is 28.5. The van der Waals surface area contributed by atoms with Crippen LogP contribution in [0.3, 0.4) is 0 Å². The molecule has 0 bridgehead atoms. The zero-order valence-corrected chi connectivity index (χ0v) is 28.5. The van der Waals surface area contributed by atoms with Crippen LogP contribution in [0, 0.1) is 35.0 Å². The van der Waals surface area contributed by atoms with E-state index >= 15 is 0 Å². The maximum Gasteiger partial charge on any atom is 0.257 e. The summed E-state index contributed by atoms with van der Waals surface area (Å²) in [5.74, 6) is -12.6. The van der Waals surface area contributed by atoms with Crippen LogP contribution < -0.4 is 5.32 Å². The van der Waals surface area contributed by atoms with Gasteiger partial charge in [-0.15, -0.1) is 0 Å². The van der Waals surface area contributed by atoms with Gasteiger partial charge >= 0.3 is 0 Å². The van der Waals surface area contributed by atoms with E-state index in [2.05, 4.69) is 36.3 Å². The van der Waals surface area contributed by atoms with Crippen molar-refractivity contribution in [2.24, 2.45) is 5.92 Å². The molecule has 0 spiro atoms. The second-order valence-electron chi connectivity index (χ2n) is 12.9. The highest BCUT2D eigenvalue weighted by Crippen LogP contribution is 2.42. The monoisotopic (exact) mass is 716 g/mol. The summed E-state index contributed by atoms with van der Waals surface area (Å²) < 4.78 is 82.7. The average molecular weight is 717 g/mol. The van der Waals surface area contributed by atoms with E-state index in [0.717, 1.165) is 28.8 Å². The van der Waals surface area contributed by atoms with Crippen LogP contribution in [-0.4, -0.2) is 35.6 Å². The number of ether oxygens (including phenoxy) is 2. The topological polar surface area (TPSA) is 71.0 Å². The Hall–Kier alpha value is -4.94. The van der Waals surface area contributed by atoms with E-state index in [4.69, 9.17) is 9.47 Å². The fraction of sp³-hybridized carbons (Fsp3) is 0.244. The fourth-order valence-electron chi connectivity index (χ4n) is 6.44. The third-order valence-corrected chi connectivity index (χ3v) is 9.30. The van der Waals surface area contributed by atoms with Crippen LogP contribution in [0.25, 0.3) is 11.1 Å². The quantitative estimate of drug-likeness (QED) is 0.0817. The first-order valence-corrected chi connectivity index (χ1v) is 16.8. The largest absolute Gasteiger partial charge is 0.392 e. The summed E-state index contributed by atoms with van der Waals surface area (Å²) in [6, 6.07) is 32.3. The summed E-state index contributed by atoms with van der Waals surface area (Å²) in [5.41, 5.74) is 4.12. The molecule has 6 nitrogen and oxygen atoms in total. The molecule has 52 heavy (non-hydrogen) atoms. The van der Waals surface area contributed by atoms with Gasteiger partial charge in [0, 0.05) is 31.1 Å². The molecular formula is C41H37F5N2O4. The number of nitrogens with zero attached hydrogens (tertiary/aromatic N) is 1. The lowest BCUT2D eigenvalue weighted by atomic mass is 9.90. The molecule has 1 amide bonds. The van der Waals surface area contributed by atoms with Gasteiger partial charge < -0.3 is 19.9 Å². The summed E-state index contributed by atoms with van der Waals surface area (Å²) >= 11 is 0. The van der Waals surface area contributed by atoms with Gasteiger partial charge in [0.1, 0.15) is 5.56 Å². The Morgan fingerprint density at radius 1 is 0.731 bits per heavy atom. The zero-order chi connectivity index (χ0) is 36.9. The molecule has 0 saturated carbocycles. The van der Waals surface area contributed by atoms with E-state index in [1.165, 1.54) is 5.56 Å². The van der Waals surface area contributed by atoms with Crippen molar-refractivity contribution in [1.82, 2.24) is 10.2 Å². The Balaban J connectivity index is 1.21. The molecule has 5 aromatic carbocycles. The van der Waals surface area contributed by atoms with E-state index in [1.807, 2.05) is 66.7 Å². The van der Waals surface area contributed by atoms with Gasteiger partial charge in [-0.1, -0.05) is 110 Å². The molecule has 4 atom stereocenters. The number of amides is 1. The lowest BCUT2D eigenvalue weighted by molar-refractivity contribution is -0.276. The van der Waals surface area contributed by atoms with Crippen LogP contribution in [0.1, 0.15) is 57.5 Å². The van der Waals surface area contributed by atoms with Gasteiger partial charge in [-0.25, -0.2) is 22.0 Å². The van der Waals surface area contributed by atoms with Crippen LogP contribution in [0.5, 0.6) is 0 Å². The van der Waals surface area contributed by atoms with E-state index < -0.39 is 46.8 Å². The first-order chi connectivity index (χ1) is 25.0. The molecule has 1 fully saturated rings. The predicted molar refractivity (Wildman–Crippen MR) is 185 cm³/mol. The van der Waals surface area contributed by atoms with Crippen LogP contribution in [0.4, 0.5) is 22.0 Å². The van der Waals surface area contributed by atoms with Crippen molar-refractivity contribution < 1.29 is 41.3 Å². The van der Waals surface area contributed by atoms with Crippen molar-refractivity contribution in [2.45, 2.75) is 45.1 Å². The SMILES string of the molecule is CC1C(CN(C)Cc2ccccc2)OC(c2ccc(-c3ccccc3CNC(=O)c3c(F)c(F)c(F)c(F)c3F)cc2)OC1c1ccc(CO)cc1. The highest BCUT2D eigenvalue weighted by molar-refractivity contribution is 5.95. The Morgan fingerprint density at radius 3 is 1.98 bits per heavy atom. The summed E-state index contributed by atoms with van der Waals surface area (Å²) in [5, 5.41) is 11.9. The first kappa shape index (κ1) is 36.8. The molecule has 6 rings (SSSR count). The molecule has 1 aliphatic heterocycles. The van der Waals surface area contributed by atoms with E-state index in [-0.39, 0.29) is 31.3 Å². The Labute approximate surface area is 298 Å². The summed E-state index contributed by atoms with van der Waals surface area (Å²) in [6.07, 6.45) is -1.21. The Bertz CT molecular complexity index is 1980. The molecule has 0 radical (unpaired) electrons. The number of halogens is 5. The highest BCUT2D eigenvalue weighted by Gasteiger charge is 2.39. The summed E-state index contributed by atoms with van der Waals surface area (Å²) in [6.45, 7) is 3.17. The van der Waals surface area contributed by atoms with Gasteiger partial charge in [0.2, 0.25) is 5.82 Å². The Kier molecular flexibility index (Phi) is 11.5. The molecule has 0 aromatic heterocycles. The maximum absolute atomic E-state index is 14.2. The molecule has 4 unspecified atom stereocenters. The van der Waals surface area contributed by atoms with Crippen LogP contribution in [-0.2, 0) is 29.2 Å². The van der Waals surface area contributed by atoms with Crippen molar-refractivity contribution in [3.8, 4) is 11.1 Å². The smallest absolute Gasteiger partial charge is 0.257 e. The number of benzene rings is 5. The number of nitrogens with one attached hydrogen (secondary N) is 1. The summed E-state index contributed by atoms with van der Waals surface area (Å²) in [7, 11) is 2.05. The maximum atomic E-state index is 14.2. The molecule has 1 saturated heterocycles. The van der Waals surface area contributed by atoms with Gasteiger partial charge in [0.05, 0.1) is 18.8 Å². The average Bonchev–Trinajstić information content (AvgIpc) is 3.17. The van der Waals surface area contributed by atoms with Crippen molar-refractivity contribution in [3.05, 3.63) is 166 Å². The van der Waals surface area contributed by atoms with E-state index in [9.17, 15) is 31.9 Å².